The van der Waals surface area contributed by atoms with Crippen LogP contribution in [0.1, 0.15) is 40.9 Å². The van der Waals surface area contributed by atoms with E-state index in [2.05, 4.69) is 0 Å². The molecule has 4 heteroatoms. The maximum Gasteiger partial charge on any atom is 0.331 e. The largest absolute Gasteiger partial charge is 0.428 e. The van der Waals surface area contributed by atoms with E-state index in [0.29, 0.717) is 5.56 Å². The third kappa shape index (κ3) is 1.74. The summed E-state index contributed by atoms with van der Waals surface area (Å²) in [5.74, 6) is -0.502. The summed E-state index contributed by atoms with van der Waals surface area (Å²) in [7, 11) is 0. The molecule has 0 bridgehead atoms. The zero-order valence-corrected chi connectivity index (χ0v) is 13.9. The van der Waals surface area contributed by atoms with Crippen LogP contribution in [0.3, 0.4) is 0 Å². The highest BCUT2D eigenvalue weighted by molar-refractivity contribution is 6.04. The molecule has 0 aliphatic carbocycles. The van der Waals surface area contributed by atoms with Gasteiger partial charge in [0.1, 0.15) is 6.04 Å². The first-order valence-corrected chi connectivity index (χ1v) is 8.20. The lowest BCUT2D eigenvalue weighted by Gasteiger charge is -2.33. The Balaban J connectivity index is 2.03. The Morgan fingerprint density at radius 2 is 1.79 bits per heavy atom. The minimum Gasteiger partial charge on any atom is -0.428 e. The predicted octanol–water partition coefficient (Wildman–Crippen LogP) is 3.23. The molecule has 1 amide bonds. The van der Waals surface area contributed by atoms with E-state index in [1.165, 1.54) is 0 Å². The minimum atomic E-state index is -1.15. The van der Waals surface area contributed by atoms with Crippen molar-refractivity contribution in [3.05, 3.63) is 70.8 Å². The summed E-state index contributed by atoms with van der Waals surface area (Å²) < 4.78 is 5.94. The number of rotatable bonds is 2. The number of benzene rings is 2. The number of hydrogen-bond donors (Lipinski definition) is 0. The maximum atomic E-state index is 13.2. The van der Waals surface area contributed by atoms with Gasteiger partial charge in [-0.3, -0.25) is 9.69 Å². The molecule has 2 aromatic rings. The van der Waals surface area contributed by atoms with Crippen LogP contribution in [0, 0.1) is 12.8 Å². The lowest BCUT2D eigenvalue weighted by atomic mass is 9.92. The zero-order chi connectivity index (χ0) is 17.1. The van der Waals surface area contributed by atoms with Crippen molar-refractivity contribution in [3.8, 4) is 0 Å². The smallest absolute Gasteiger partial charge is 0.331 e. The van der Waals surface area contributed by atoms with Gasteiger partial charge in [-0.2, -0.15) is 0 Å². The molecular formula is C20H19NO3. The van der Waals surface area contributed by atoms with Gasteiger partial charge in [-0.15, -0.1) is 0 Å². The van der Waals surface area contributed by atoms with Gasteiger partial charge in [-0.05, 0) is 18.9 Å². The Bertz CT molecular complexity index is 843. The van der Waals surface area contributed by atoms with Gasteiger partial charge in [-0.1, -0.05) is 61.9 Å². The highest BCUT2D eigenvalue weighted by Crippen LogP contribution is 2.51. The number of amides is 1. The van der Waals surface area contributed by atoms with Crippen molar-refractivity contribution in [1.82, 2.24) is 4.90 Å². The molecule has 0 N–H and O–H groups in total. The molecule has 0 saturated carbocycles. The molecule has 4 nitrogen and oxygen atoms in total. The van der Waals surface area contributed by atoms with E-state index in [0.717, 1.165) is 16.7 Å². The summed E-state index contributed by atoms with van der Waals surface area (Å²) in [6, 6.07) is 14.7. The molecule has 122 valence electrons. The number of aryl methyl sites for hydroxylation is 1. The molecule has 2 aromatic carbocycles. The predicted molar refractivity (Wildman–Crippen MR) is 89.3 cm³/mol. The topological polar surface area (TPSA) is 46.6 Å². The lowest BCUT2D eigenvalue weighted by molar-refractivity contribution is -0.149. The fourth-order valence-electron chi connectivity index (χ4n) is 3.86. The van der Waals surface area contributed by atoms with Crippen molar-refractivity contribution < 1.29 is 14.3 Å². The summed E-state index contributed by atoms with van der Waals surface area (Å²) in [5, 5.41) is 0. The Morgan fingerprint density at radius 1 is 1.08 bits per heavy atom. The Kier molecular flexibility index (Phi) is 3.07. The van der Waals surface area contributed by atoms with Gasteiger partial charge in [0.15, 0.2) is 0 Å². The highest BCUT2D eigenvalue weighted by Gasteiger charge is 2.63. The van der Waals surface area contributed by atoms with E-state index in [-0.39, 0.29) is 17.8 Å². The number of hydrogen-bond acceptors (Lipinski definition) is 3. The number of carbonyl (C=O) groups excluding carboxylic acids is 2. The summed E-state index contributed by atoms with van der Waals surface area (Å²) in [6.07, 6.45) is 0. The molecule has 1 saturated heterocycles. The molecule has 2 atom stereocenters. The van der Waals surface area contributed by atoms with Crippen LogP contribution >= 0.6 is 0 Å². The number of esters is 1. The van der Waals surface area contributed by atoms with Gasteiger partial charge >= 0.3 is 5.97 Å². The third-order valence-corrected chi connectivity index (χ3v) is 4.89. The SMILES string of the molecule is Cc1ccc2c(c1)C(=O)N1[C@@H](C(C)C)C(=O)O[C@]21c1ccccc1. The summed E-state index contributed by atoms with van der Waals surface area (Å²) in [5.41, 5.74) is 2.04. The average molecular weight is 321 g/mol. The Morgan fingerprint density at radius 3 is 2.46 bits per heavy atom. The molecule has 1 fully saturated rings. The molecule has 2 aliphatic heterocycles. The van der Waals surface area contributed by atoms with Gasteiger partial charge in [0.25, 0.3) is 5.91 Å². The molecule has 24 heavy (non-hydrogen) atoms. The molecule has 2 heterocycles. The zero-order valence-electron chi connectivity index (χ0n) is 13.9. The summed E-state index contributed by atoms with van der Waals surface area (Å²) in [4.78, 5) is 27.4. The van der Waals surface area contributed by atoms with E-state index in [4.69, 9.17) is 4.74 Å². The monoisotopic (exact) mass is 321 g/mol. The van der Waals surface area contributed by atoms with E-state index < -0.39 is 11.8 Å². The van der Waals surface area contributed by atoms with Crippen LogP contribution in [-0.4, -0.2) is 22.8 Å². The molecular weight excluding hydrogens is 302 g/mol. The van der Waals surface area contributed by atoms with Crippen LogP contribution in [-0.2, 0) is 15.3 Å². The molecule has 0 unspecified atom stereocenters. The second-order valence-electron chi connectivity index (χ2n) is 6.84. The average Bonchev–Trinajstić information content (AvgIpc) is 2.99. The minimum absolute atomic E-state index is 0.0255. The lowest BCUT2D eigenvalue weighted by Crippen LogP contribution is -2.46. The van der Waals surface area contributed by atoms with Gasteiger partial charge in [0.05, 0.1) is 0 Å². The van der Waals surface area contributed by atoms with Gasteiger partial charge in [0.2, 0.25) is 5.72 Å². The Labute approximate surface area is 141 Å². The molecule has 4 rings (SSSR count). The van der Waals surface area contributed by atoms with Crippen molar-refractivity contribution in [2.45, 2.75) is 32.5 Å². The quantitative estimate of drug-likeness (QED) is 0.798. The van der Waals surface area contributed by atoms with Gasteiger partial charge < -0.3 is 4.74 Å². The fraction of sp³-hybridized carbons (Fsp3) is 0.300. The van der Waals surface area contributed by atoms with Crippen molar-refractivity contribution in [2.75, 3.05) is 0 Å². The fourth-order valence-corrected chi connectivity index (χ4v) is 3.86. The normalized spacial score (nSPS) is 25.0. The summed E-state index contributed by atoms with van der Waals surface area (Å²) in [6.45, 7) is 5.83. The number of ether oxygens (including phenoxy) is 1. The third-order valence-electron chi connectivity index (χ3n) is 4.89. The van der Waals surface area contributed by atoms with Gasteiger partial charge in [-0.25, -0.2) is 4.79 Å². The van der Waals surface area contributed by atoms with Crippen molar-refractivity contribution in [3.63, 3.8) is 0 Å². The Hall–Kier alpha value is -2.62. The van der Waals surface area contributed by atoms with Crippen LogP contribution in [0.2, 0.25) is 0 Å². The number of carbonyl (C=O) groups is 2. The first kappa shape index (κ1) is 14.9. The van der Waals surface area contributed by atoms with Crippen molar-refractivity contribution in [2.24, 2.45) is 5.92 Å². The number of fused-ring (bicyclic) bond motifs is 3. The van der Waals surface area contributed by atoms with Crippen LogP contribution in [0.4, 0.5) is 0 Å². The first-order chi connectivity index (χ1) is 11.5. The van der Waals surface area contributed by atoms with E-state index in [1.807, 2.05) is 69.3 Å². The van der Waals surface area contributed by atoms with E-state index in [1.54, 1.807) is 4.90 Å². The number of nitrogens with zero attached hydrogens (tertiary/aromatic N) is 1. The molecule has 0 spiro atoms. The van der Waals surface area contributed by atoms with E-state index in [9.17, 15) is 9.59 Å². The van der Waals surface area contributed by atoms with E-state index >= 15 is 0 Å². The standard InChI is InChI=1S/C20H19NO3/c1-12(2)17-19(23)24-20(14-7-5-4-6-8-14)16-10-9-13(3)11-15(16)18(22)21(17)20/h4-12,17H,1-3H3/t17-,20+/m0/s1. The second-order valence-corrected chi connectivity index (χ2v) is 6.84. The maximum absolute atomic E-state index is 13.2. The molecule has 0 radical (unpaired) electrons. The second kappa shape index (κ2) is 4.94. The van der Waals surface area contributed by atoms with Crippen molar-refractivity contribution in [1.29, 1.82) is 0 Å². The van der Waals surface area contributed by atoms with Crippen molar-refractivity contribution >= 4 is 11.9 Å². The highest BCUT2D eigenvalue weighted by atomic mass is 16.6. The molecule has 0 aromatic heterocycles. The van der Waals surface area contributed by atoms with Crippen LogP contribution in [0.25, 0.3) is 0 Å². The summed E-state index contributed by atoms with van der Waals surface area (Å²) >= 11 is 0. The van der Waals surface area contributed by atoms with Gasteiger partial charge in [0, 0.05) is 16.7 Å². The first-order valence-electron chi connectivity index (χ1n) is 8.20. The molecule has 2 aliphatic rings. The van der Waals surface area contributed by atoms with Crippen LogP contribution in [0.5, 0.6) is 0 Å². The van der Waals surface area contributed by atoms with Crippen LogP contribution in [0.15, 0.2) is 48.5 Å². The van der Waals surface area contributed by atoms with Crippen LogP contribution < -0.4 is 0 Å².